The van der Waals surface area contributed by atoms with Gasteiger partial charge in [0.1, 0.15) is 0 Å². The van der Waals surface area contributed by atoms with Crippen molar-refractivity contribution in [2.45, 2.75) is 19.3 Å². The Bertz CT molecular complexity index is 857. The third-order valence-electron chi connectivity index (χ3n) is 5.63. The molecule has 0 aromatic heterocycles. The molecule has 2 aliphatic heterocycles. The second kappa shape index (κ2) is 7.92. The molecule has 6 nitrogen and oxygen atoms in total. The van der Waals surface area contributed by atoms with Crippen LogP contribution in [-0.2, 0) is 4.79 Å². The van der Waals surface area contributed by atoms with E-state index in [4.69, 9.17) is 5.73 Å². The van der Waals surface area contributed by atoms with Gasteiger partial charge in [-0.15, -0.1) is 0 Å². The zero-order valence-corrected chi connectivity index (χ0v) is 16.0. The average Bonchev–Trinajstić information content (AvgIpc) is 2.74. The van der Waals surface area contributed by atoms with Gasteiger partial charge < -0.3 is 20.4 Å². The summed E-state index contributed by atoms with van der Waals surface area (Å²) in [5, 5.41) is 0. The van der Waals surface area contributed by atoms with Crippen molar-refractivity contribution in [3.05, 3.63) is 54.1 Å². The number of rotatable bonds is 4. The average molecular weight is 378 g/mol. The van der Waals surface area contributed by atoms with Crippen molar-refractivity contribution >= 4 is 28.9 Å². The molecule has 0 bridgehead atoms. The highest BCUT2D eigenvalue weighted by molar-refractivity contribution is 5.94. The van der Waals surface area contributed by atoms with Gasteiger partial charge in [0.15, 0.2) is 0 Å². The normalized spacial score (nSPS) is 17.7. The van der Waals surface area contributed by atoms with Crippen LogP contribution in [0.5, 0.6) is 0 Å². The lowest BCUT2D eigenvalue weighted by Gasteiger charge is -2.37. The Kier molecular flexibility index (Phi) is 5.19. The van der Waals surface area contributed by atoms with Crippen LogP contribution in [0.25, 0.3) is 0 Å². The maximum Gasteiger partial charge on any atom is 0.248 e. The number of hydrogen-bond donors (Lipinski definition) is 1. The van der Waals surface area contributed by atoms with Crippen molar-refractivity contribution in [1.82, 2.24) is 0 Å². The summed E-state index contributed by atoms with van der Waals surface area (Å²) in [4.78, 5) is 30.0. The lowest BCUT2D eigenvalue weighted by atomic mass is 10.1. The van der Waals surface area contributed by atoms with Crippen LogP contribution < -0.4 is 20.4 Å². The number of carbonyl (C=O) groups excluding carboxylic acids is 2. The molecule has 0 radical (unpaired) electrons. The van der Waals surface area contributed by atoms with Gasteiger partial charge in [-0.3, -0.25) is 9.59 Å². The van der Waals surface area contributed by atoms with Crippen LogP contribution in [0.2, 0.25) is 0 Å². The predicted molar refractivity (Wildman–Crippen MR) is 112 cm³/mol. The van der Waals surface area contributed by atoms with Gasteiger partial charge in [-0.1, -0.05) is 6.07 Å². The summed E-state index contributed by atoms with van der Waals surface area (Å²) in [5.41, 5.74) is 9.15. The number of anilines is 3. The Morgan fingerprint density at radius 3 is 2.07 bits per heavy atom. The molecule has 2 amide bonds. The van der Waals surface area contributed by atoms with Gasteiger partial charge in [0.2, 0.25) is 11.8 Å². The van der Waals surface area contributed by atoms with Gasteiger partial charge >= 0.3 is 0 Å². The molecular weight excluding hydrogens is 352 g/mol. The summed E-state index contributed by atoms with van der Waals surface area (Å²) in [6.07, 6.45) is 2.73. The van der Waals surface area contributed by atoms with E-state index in [-0.39, 0.29) is 5.91 Å². The van der Waals surface area contributed by atoms with Crippen LogP contribution >= 0.6 is 0 Å². The summed E-state index contributed by atoms with van der Waals surface area (Å²) in [7, 11) is 0. The highest BCUT2D eigenvalue weighted by Gasteiger charge is 2.21. The maximum atomic E-state index is 12.1. The van der Waals surface area contributed by atoms with Gasteiger partial charge in [0.05, 0.1) is 0 Å². The van der Waals surface area contributed by atoms with Crippen LogP contribution in [0.4, 0.5) is 17.1 Å². The molecule has 6 heteroatoms. The molecule has 2 fully saturated rings. The Morgan fingerprint density at radius 2 is 1.43 bits per heavy atom. The molecule has 0 atom stereocenters. The van der Waals surface area contributed by atoms with Gasteiger partial charge in [-0.25, -0.2) is 0 Å². The molecular formula is C22H26N4O2. The number of benzene rings is 2. The number of piperidine rings is 1. The van der Waals surface area contributed by atoms with Crippen LogP contribution in [0, 0.1) is 0 Å². The highest BCUT2D eigenvalue weighted by Crippen LogP contribution is 2.26. The molecule has 2 aromatic carbocycles. The fraction of sp³-hybridized carbons (Fsp3) is 0.364. The minimum Gasteiger partial charge on any atom is -0.368 e. The molecule has 2 saturated heterocycles. The molecule has 2 aromatic rings. The first kappa shape index (κ1) is 18.3. The van der Waals surface area contributed by atoms with Crippen LogP contribution in [0.3, 0.4) is 0 Å². The van der Waals surface area contributed by atoms with Crippen molar-refractivity contribution in [2.24, 2.45) is 5.73 Å². The zero-order chi connectivity index (χ0) is 19.5. The Labute approximate surface area is 165 Å². The molecule has 4 rings (SSSR count). The van der Waals surface area contributed by atoms with E-state index in [2.05, 4.69) is 34.1 Å². The second-order valence-electron chi connectivity index (χ2n) is 7.41. The van der Waals surface area contributed by atoms with E-state index in [1.165, 1.54) is 5.69 Å². The number of amides is 2. The molecule has 0 unspecified atom stereocenters. The molecule has 2 heterocycles. The van der Waals surface area contributed by atoms with Crippen molar-refractivity contribution < 1.29 is 9.59 Å². The van der Waals surface area contributed by atoms with E-state index in [1.807, 2.05) is 23.1 Å². The van der Waals surface area contributed by atoms with Crippen LogP contribution in [0.15, 0.2) is 48.5 Å². The lowest BCUT2D eigenvalue weighted by Crippen LogP contribution is -2.46. The number of carbonyl (C=O) groups is 2. The van der Waals surface area contributed by atoms with Crippen molar-refractivity contribution in [1.29, 1.82) is 0 Å². The van der Waals surface area contributed by atoms with Crippen molar-refractivity contribution in [3.63, 3.8) is 0 Å². The number of piperazine rings is 1. The summed E-state index contributed by atoms with van der Waals surface area (Å²) in [6.45, 7) is 4.40. The molecule has 2 N–H and O–H groups in total. The SMILES string of the molecule is NC(=O)c1cccc(N2CCN(c3ccc(N4CCCCC4=O)cc3)CC2)c1. The van der Waals surface area contributed by atoms with Crippen LogP contribution in [-0.4, -0.2) is 44.5 Å². The number of nitrogens with zero attached hydrogens (tertiary/aromatic N) is 3. The Balaban J connectivity index is 1.39. The zero-order valence-electron chi connectivity index (χ0n) is 16.0. The number of hydrogen-bond acceptors (Lipinski definition) is 4. The quantitative estimate of drug-likeness (QED) is 0.888. The molecule has 2 aliphatic rings. The molecule has 28 heavy (non-hydrogen) atoms. The minimum absolute atomic E-state index is 0.228. The van der Waals surface area contributed by atoms with E-state index in [0.29, 0.717) is 12.0 Å². The molecule has 0 spiro atoms. The Hall–Kier alpha value is -3.02. The van der Waals surface area contributed by atoms with Gasteiger partial charge in [0.25, 0.3) is 0 Å². The van der Waals surface area contributed by atoms with Gasteiger partial charge in [-0.05, 0) is 55.3 Å². The van der Waals surface area contributed by atoms with E-state index >= 15 is 0 Å². The van der Waals surface area contributed by atoms with E-state index in [0.717, 1.165) is 56.9 Å². The topological polar surface area (TPSA) is 69.9 Å². The fourth-order valence-corrected chi connectivity index (χ4v) is 4.00. The largest absolute Gasteiger partial charge is 0.368 e. The fourth-order valence-electron chi connectivity index (χ4n) is 4.00. The van der Waals surface area contributed by atoms with Crippen LogP contribution in [0.1, 0.15) is 29.6 Å². The molecule has 0 saturated carbocycles. The summed E-state index contributed by atoms with van der Waals surface area (Å²) < 4.78 is 0. The number of nitrogens with two attached hydrogens (primary N) is 1. The van der Waals surface area contributed by atoms with Crippen molar-refractivity contribution in [2.75, 3.05) is 47.4 Å². The summed E-state index contributed by atoms with van der Waals surface area (Å²) >= 11 is 0. The predicted octanol–water partition coefficient (Wildman–Crippen LogP) is 2.63. The highest BCUT2D eigenvalue weighted by atomic mass is 16.2. The van der Waals surface area contributed by atoms with E-state index in [1.54, 1.807) is 6.07 Å². The van der Waals surface area contributed by atoms with Gasteiger partial charge in [0, 0.05) is 61.8 Å². The standard InChI is InChI=1S/C22H26N4O2/c23-22(28)17-4-3-5-20(16-17)25-14-12-24(13-15-25)18-7-9-19(10-8-18)26-11-2-1-6-21(26)27/h3-5,7-10,16H,1-2,6,11-15H2,(H2,23,28). The Morgan fingerprint density at radius 1 is 0.786 bits per heavy atom. The molecule has 0 aliphatic carbocycles. The first-order valence-corrected chi connectivity index (χ1v) is 9.92. The maximum absolute atomic E-state index is 12.1. The lowest BCUT2D eigenvalue weighted by molar-refractivity contribution is -0.119. The monoisotopic (exact) mass is 378 g/mol. The second-order valence-corrected chi connectivity index (χ2v) is 7.41. The first-order chi connectivity index (χ1) is 13.6. The van der Waals surface area contributed by atoms with Gasteiger partial charge in [-0.2, -0.15) is 0 Å². The third kappa shape index (κ3) is 3.81. The minimum atomic E-state index is -0.396. The summed E-state index contributed by atoms with van der Waals surface area (Å²) in [6, 6.07) is 15.8. The van der Waals surface area contributed by atoms with Crippen molar-refractivity contribution in [3.8, 4) is 0 Å². The van der Waals surface area contributed by atoms with E-state index < -0.39 is 5.91 Å². The third-order valence-corrected chi connectivity index (χ3v) is 5.63. The van der Waals surface area contributed by atoms with E-state index in [9.17, 15) is 9.59 Å². The molecule has 146 valence electrons. The smallest absolute Gasteiger partial charge is 0.248 e. The number of primary amides is 1. The first-order valence-electron chi connectivity index (χ1n) is 9.92. The summed E-state index contributed by atoms with van der Waals surface area (Å²) in [5.74, 6) is -0.168.